The summed E-state index contributed by atoms with van der Waals surface area (Å²) in [5.41, 5.74) is 2.29. The lowest BCUT2D eigenvalue weighted by Gasteiger charge is -2.20. The largest absolute Gasteiger partial charge is 0.478 e. The molecule has 6 nitrogen and oxygen atoms in total. The number of nitrogens with one attached hydrogen (secondary N) is 1. The van der Waals surface area contributed by atoms with Gasteiger partial charge in [-0.3, -0.25) is 4.57 Å². The highest BCUT2D eigenvalue weighted by atomic mass is 31.2. The van der Waals surface area contributed by atoms with Crippen molar-refractivity contribution < 1.29 is 24.3 Å². The lowest BCUT2D eigenvalue weighted by molar-refractivity contribution is -0.132. The van der Waals surface area contributed by atoms with Gasteiger partial charge in [0.25, 0.3) is 0 Å². The molecule has 0 spiro atoms. The maximum absolute atomic E-state index is 11.1. The molecule has 0 aromatic heterocycles. The summed E-state index contributed by atoms with van der Waals surface area (Å²) in [5, 5.41) is 12.3. The summed E-state index contributed by atoms with van der Waals surface area (Å²) in [5.74, 6) is -1.32. The molecule has 1 aromatic rings. The van der Waals surface area contributed by atoms with E-state index >= 15 is 0 Å². The third-order valence-corrected chi connectivity index (χ3v) is 3.84. The Bertz CT molecular complexity index is 605. The highest BCUT2D eigenvalue weighted by molar-refractivity contribution is 7.52. The Kier molecular flexibility index (Phi) is 4.28. The van der Waals surface area contributed by atoms with Crippen LogP contribution in [0.25, 0.3) is 6.08 Å². The van der Waals surface area contributed by atoms with E-state index in [1.165, 1.54) is 6.08 Å². The fourth-order valence-corrected chi connectivity index (χ4v) is 2.91. The van der Waals surface area contributed by atoms with Gasteiger partial charge in [0, 0.05) is 17.8 Å². The van der Waals surface area contributed by atoms with Crippen molar-refractivity contribution in [3.63, 3.8) is 0 Å². The van der Waals surface area contributed by atoms with E-state index in [4.69, 9.17) is 14.9 Å². The molecule has 1 aliphatic heterocycles. The number of benzene rings is 1. The van der Waals surface area contributed by atoms with Crippen LogP contribution in [0.15, 0.2) is 23.8 Å². The van der Waals surface area contributed by atoms with E-state index in [9.17, 15) is 9.36 Å². The minimum Gasteiger partial charge on any atom is -0.478 e. The fraction of sp³-hybridized carbons (Fsp3) is 0.308. The highest BCUT2D eigenvalue weighted by Gasteiger charge is 2.21. The van der Waals surface area contributed by atoms with E-state index in [-0.39, 0.29) is 5.57 Å². The minimum absolute atomic E-state index is 0.292. The number of anilines is 1. The molecule has 20 heavy (non-hydrogen) atoms. The number of rotatable bonds is 4. The van der Waals surface area contributed by atoms with E-state index in [0.717, 1.165) is 30.6 Å². The van der Waals surface area contributed by atoms with Crippen LogP contribution in [0.1, 0.15) is 17.5 Å². The molecule has 0 radical (unpaired) electrons. The van der Waals surface area contributed by atoms with E-state index in [1.807, 2.05) is 12.1 Å². The van der Waals surface area contributed by atoms with Gasteiger partial charge < -0.3 is 20.2 Å². The number of carbonyl (C=O) groups is 1. The maximum Gasteiger partial charge on any atom is 0.332 e. The lowest BCUT2D eigenvalue weighted by atomic mass is 9.98. The molecule has 0 saturated heterocycles. The van der Waals surface area contributed by atoms with Crippen LogP contribution >= 0.6 is 7.60 Å². The van der Waals surface area contributed by atoms with Crippen molar-refractivity contribution in [1.82, 2.24) is 0 Å². The second kappa shape index (κ2) is 5.79. The van der Waals surface area contributed by atoms with Crippen LogP contribution in [-0.4, -0.2) is 33.6 Å². The standard InChI is InChI=1S/C13H16NO5P/c15-13(16)11(8-20(17,18)19)7-10-4-1-3-9-5-2-6-14-12(9)10/h1,3-4,7,14H,2,5-6,8H2,(H,15,16)(H2,17,18,19). The van der Waals surface area contributed by atoms with Crippen molar-refractivity contribution in [3.05, 3.63) is 34.9 Å². The average molecular weight is 297 g/mol. The third kappa shape index (κ3) is 3.70. The maximum atomic E-state index is 11.1. The van der Waals surface area contributed by atoms with E-state index < -0.39 is 19.7 Å². The zero-order valence-corrected chi connectivity index (χ0v) is 11.6. The molecular formula is C13H16NO5P. The van der Waals surface area contributed by atoms with Crippen LogP contribution in [0.2, 0.25) is 0 Å². The van der Waals surface area contributed by atoms with Crippen LogP contribution in [0.3, 0.4) is 0 Å². The molecule has 0 fully saturated rings. The summed E-state index contributed by atoms with van der Waals surface area (Å²) in [6.45, 7) is 0.804. The van der Waals surface area contributed by atoms with Crippen LogP contribution in [0.4, 0.5) is 5.69 Å². The van der Waals surface area contributed by atoms with Crippen molar-refractivity contribution in [2.24, 2.45) is 0 Å². The number of hydrogen-bond acceptors (Lipinski definition) is 3. The molecule has 2 rings (SSSR count). The van der Waals surface area contributed by atoms with Crippen LogP contribution in [-0.2, 0) is 15.8 Å². The lowest BCUT2D eigenvalue weighted by Crippen LogP contribution is -2.13. The number of fused-ring (bicyclic) bond motifs is 1. The van der Waals surface area contributed by atoms with Gasteiger partial charge in [-0.05, 0) is 30.0 Å². The summed E-state index contributed by atoms with van der Waals surface area (Å²) in [6.07, 6.45) is 2.48. The molecule has 1 aliphatic rings. The van der Waals surface area contributed by atoms with Crippen LogP contribution in [0, 0.1) is 0 Å². The van der Waals surface area contributed by atoms with E-state index in [2.05, 4.69) is 5.32 Å². The smallest absolute Gasteiger partial charge is 0.332 e. The second-order valence-corrected chi connectivity index (χ2v) is 6.35. The summed E-state index contributed by atoms with van der Waals surface area (Å²) in [7, 11) is -4.41. The predicted molar refractivity (Wildman–Crippen MR) is 75.8 cm³/mol. The van der Waals surface area contributed by atoms with Crippen molar-refractivity contribution in [3.8, 4) is 0 Å². The van der Waals surface area contributed by atoms with E-state index in [0.29, 0.717) is 5.56 Å². The molecule has 0 bridgehead atoms. The van der Waals surface area contributed by atoms with Crippen molar-refractivity contribution in [2.45, 2.75) is 12.8 Å². The van der Waals surface area contributed by atoms with Gasteiger partial charge >= 0.3 is 13.6 Å². The van der Waals surface area contributed by atoms with Gasteiger partial charge in [0.05, 0.1) is 6.16 Å². The Morgan fingerprint density at radius 1 is 1.40 bits per heavy atom. The molecule has 1 heterocycles. The molecule has 1 aromatic carbocycles. The van der Waals surface area contributed by atoms with Gasteiger partial charge in [-0.15, -0.1) is 0 Å². The van der Waals surface area contributed by atoms with E-state index in [1.54, 1.807) is 6.07 Å². The Labute approximate surface area is 116 Å². The number of hydrogen-bond donors (Lipinski definition) is 4. The normalized spacial score (nSPS) is 15.4. The third-order valence-electron chi connectivity index (χ3n) is 3.09. The number of carboxylic acids is 1. The summed E-state index contributed by atoms with van der Waals surface area (Å²) in [4.78, 5) is 29.0. The fourth-order valence-electron chi connectivity index (χ4n) is 2.24. The minimum atomic E-state index is -4.41. The monoisotopic (exact) mass is 297 g/mol. The van der Waals surface area contributed by atoms with Crippen LogP contribution < -0.4 is 5.32 Å². The van der Waals surface area contributed by atoms with Crippen molar-refractivity contribution in [1.29, 1.82) is 0 Å². The summed E-state index contributed by atoms with van der Waals surface area (Å²) >= 11 is 0. The number of para-hydroxylation sites is 1. The molecule has 0 aliphatic carbocycles. The van der Waals surface area contributed by atoms with Gasteiger partial charge in [-0.25, -0.2) is 4.79 Å². The SMILES string of the molecule is O=C(O)C(=Cc1cccc2c1NCCC2)CP(=O)(O)O. The predicted octanol–water partition coefficient (Wildman–Crippen LogP) is 1.69. The van der Waals surface area contributed by atoms with Gasteiger partial charge in [-0.2, -0.15) is 0 Å². The molecule has 7 heteroatoms. The zero-order valence-electron chi connectivity index (χ0n) is 10.7. The van der Waals surface area contributed by atoms with Crippen molar-refractivity contribution in [2.75, 3.05) is 18.0 Å². The van der Waals surface area contributed by atoms with Gasteiger partial charge in [0.1, 0.15) is 0 Å². The van der Waals surface area contributed by atoms with Crippen molar-refractivity contribution >= 4 is 25.3 Å². The van der Waals surface area contributed by atoms with Crippen LogP contribution in [0.5, 0.6) is 0 Å². The van der Waals surface area contributed by atoms with Gasteiger partial charge in [0.2, 0.25) is 0 Å². The Balaban J connectivity index is 2.41. The summed E-state index contributed by atoms with van der Waals surface area (Å²) in [6, 6.07) is 5.51. The Morgan fingerprint density at radius 3 is 2.80 bits per heavy atom. The first kappa shape index (κ1) is 14.8. The van der Waals surface area contributed by atoms with Gasteiger partial charge in [0.15, 0.2) is 0 Å². The number of aliphatic carboxylic acids is 1. The molecule has 0 unspecified atom stereocenters. The average Bonchev–Trinajstić information content (AvgIpc) is 2.36. The number of aryl methyl sites for hydroxylation is 1. The first-order chi connectivity index (χ1) is 9.37. The zero-order chi connectivity index (χ0) is 14.8. The quantitative estimate of drug-likeness (QED) is 0.497. The first-order valence-electron chi connectivity index (χ1n) is 6.21. The molecule has 108 valence electrons. The Morgan fingerprint density at radius 2 is 2.15 bits per heavy atom. The first-order valence-corrected chi connectivity index (χ1v) is 8.01. The summed E-state index contributed by atoms with van der Waals surface area (Å²) < 4.78 is 11.0. The molecular weight excluding hydrogens is 281 g/mol. The topological polar surface area (TPSA) is 107 Å². The molecule has 0 amide bonds. The Hall–Kier alpha value is -1.62. The molecule has 0 atom stereocenters. The highest BCUT2D eigenvalue weighted by Crippen LogP contribution is 2.38. The van der Waals surface area contributed by atoms with Gasteiger partial charge in [-0.1, -0.05) is 18.2 Å². The number of carboxylic acid groups (broad SMARTS) is 1. The second-order valence-electron chi connectivity index (χ2n) is 4.71. The molecule has 0 saturated carbocycles. The molecule has 4 N–H and O–H groups in total.